The molecule has 1 aromatic heterocycles. The van der Waals surface area contributed by atoms with Gasteiger partial charge in [-0.25, -0.2) is 0 Å². The van der Waals surface area contributed by atoms with Gasteiger partial charge in [0.15, 0.2) is 5.76 Å². The number of hydrogen-bond donors (Lipinski definition) is 0. The van der Waals surface area contributed by atoms with Crippen LogP contribution in [0.15, 0.2) is 45.5 Å². The second-order valence-electron chi connectivity index (χ2n) is 6.61. The average molecular weight is 421 g/mol. The van der Waals surface area contributed by atoms with Gasteiger partial charge in [0.05, 0.1) is 18.8 Å². The first-order chi connectivity index (χ1) is 12.3. The largest absolute Gasteiger partial charge is 0.469 e. The van der Waals surface area contributed by atoms with Crippen LogP contribution in [-0.2, 0) is 14.3 Å². The smallest absolute Gasteiger partial charge is 0.323 e. The van der Waals surface area contributed by atoms with Crippen LogP contribution in [0.4, 0.5) is 0 Å². The van der Waals surface area contributed by atoms with E-state index in [0.29, 0.717) is 11.3 Å². The maximum absolute atomic E-state index is 13.0. The highest BCUT2D eigenvalue weighted by Gasteiger charge is 2.53. The van der Waals surface area contributed by atoms with Gasteiger partial charge in [0.25, 0.3) is 0 Å². The van der Waals surface area contributed by atoms with Gasteiger partial charge in [-0.15, -0.1) is 0 Å². The number of carbonyl (C=O) groups is 3. The number of halogens is 1. The van der Waals surface area contributed by atoms with Crippen molar-refractivity contribution in [3.63, 3.8) is 0 Å². The lowest BCUT2D eigenvalue weighted by Crippen LogP contribution is -2.46. The van der Waals surface area contributed by atoms with E-state index in [1.165, 1.54) is 19.4 Å². The summed E-state index contributed by atoms with van der Waals surface area (Å²) in [6.07, 6.45) is 1.35. The number of carbonyl (C=O) groups excluding carboxylic acids is 3. The third-order valence-corrected chi connectivity index (χ3v) is 5.13. The normalized spacial score (nSPS) is 19.5. The third kappa shape index (κ3) is 2.96. The maximum Gasteiger partial charge on any atom is 0.323 e. The fourth-order valence-electron chi connectivity index (χ4n) is 3.37. The van der Waals surface area contributed by atoms with Gasteiger partial charge >= 0.3 is 11.9 Å². The molecule has 3 rings (SSSR count). The van der Waals surface area contributed by atoms with Gasteiger partial charge in [-0.1, -0.05) is 15.9 Å². The van der Waals surface area contributed by atoms with Crippen molar-refractivity contribution in [1.82, 2.24) is 0 Å². The van der Waals surface area contributed by atoms with Crippen molar-refractivity contribution in [1.29, 1.82) is 0 Å². The number of hydrogen-bond acceptors (Lipinski definition) is 6. The van der Waals surface area contributed by atoms with Crippen molar-refractivity contribution < 1.29 is 28.3 Å². The van der Waals surface area contributed by atoms with Gasteiger partial charge in [-0.2, -0.15) is 0 Å². The number of furan rings is 1. The van der Waals surface area contributed by atoms with Crippen LogP contribution in [0.3, 0.4) is 0 Å². The van der Waals surface area contributed by atoms with Gasteiger partial charge in [0, 0.05) is 16.0 Å². The Labute approximate surface area is 158 Å². The van der Waals surface area contributed by atoms with E-state index in [4.69, 9.17) is 13.9 Å². The van der Waals surface area contributed by atoms with Crippen molar-refractivity contribution in [3.05, 3.63) is 52.4 Å². The van der Waals surface area contributed by atoms with Crippen molar-refractivity contribution in [2.45, 2.75) is 19.8 Å². The van der Waals surface area contributed by atoms with E-state index < -0.39 is 35.0 Å². The quantitative estimate of drug-likeness (QED) is 0.324. The molecule has 0 fully saturated rings. The predicted molar refractivity (Wildman–Crippen MR) is 94.8 cm³/mol. The number of fused-ring (bicyclic) bond motifs is 1. The van der Waals surface area contributed by atoms with Crippen molar-refractivity contribution in [3.8, 4) is 5.75 Å². The molecule has 0 N–H and O–H groups in total. The van der Waals surface area contributed by atoms with Crippen LogP contribution in [0.25, 0.3) is 0 Å². The number of Topliss-reactive ketones (excluding diaryl/α,β-unsaturated/α-hetero) is 1. The molecule has 7 heteroatoms. The molecule has 1 aromatic carbocycles. The molecule has 0 bridgehead atoms. The Kier molecular flexibility index (Phi) is 4.75. The zero-order chi connectivity index (χ0) is 19.1. The molecule has 0 saturated heterocycles. The fraction of sp³-hybridized carbons (Fsp3) is 0.316. The van der Waals surface area contributed by atoms with Gasteiger partial charge in [-0.3, -0.25) is 14.4 Å². The Morgan fingerprint density at radius 1 is 1.23 bits per heavy atom. The molecule has 0 aliphatic carbocycles. The topological polar surface area (TPSA) is 82.8 Å². The Morgan fingerprint density at radius 2 is 1.96 bits per heavy atom. The van der Waals surface area contributed by atoms with Gasteiger partial charge in [-0.05, 0) is 44.2 Å². The van der Waals surface area contributed by atoms with Crippen LogP contribution in [0.2, 0.25) is 0 Å². The first-order valence-corrected chi connectivity index (χ1v) is 8.74. The minimum Gasteiger partial charge on any atom is -0.469 e. The number of ketones is 1. The molecule has 0 unspecified atom stereocenters. The van der Waals surface area contributed by atoms with E-state index in [2.05, 4.69) is 15.9 Å². The summed E-state index contributed by atoms with van der Waals surface area (Å²) < 4.78 is 16.2. The maximum atomic E-state index is 13.0. The first kappa shape index (κ1) is 18.4. The van der Waals surface area contributed by atoms with E-state index in [9.17, 15) is 14.4 Å². The molecular formula is C19H17BrO6. The SMILES string of the molecule is COC(=O)C(C)(C)[C@@H]1c2cc(Br)ccc2OC(=O)[C@@H]1C(=O)c1ccco1. The van der Waals surface area contributed by atoms with Crippen LogP contribution >= 0.6 is 15.9 Å². The highest BCUT2D eigenvalue weighted by molar-refractivity contribution is 9.10. The summed E-state index contributed by atoms with van der Waals surface area (Å²) in [7, 11) is 1.27. The van der Waals surface area contributed by atoms with Gasteiger partial charge in [0.2, 0.25) is 5.78 Å². The lowest BCUT2D eigenvalue weighted by Gasteiger charge is -2.39. The van der Waals surface area contributed by atoms with Crippen LogP contribution in [0, 0.1) is 11.3 Å². The summed E-state index contributed by atoms with van der Waals surface area (Å²) in [5.74, 6) is -3.42. The molecule has 6 nitrogen and oxygen atoms in total. The van der Waals surface area contributed by atoms with Crippen molar-refractivity contribution >= 4 is 33.7 Å². The van der Waals surface area contributed by atoms with E-state index in [1.807, 2.05) is 0 Å². The molecule has 0 saturated carbocycles. The molecular weight excluding hydrogens is 404 g/mol. The summed E-state index contributed by atoms with van der Waals surface area (Å²) in [6.45, 7) is 3.30. The molecule has 1 aliphatic heterocycles. The molecule has 0 amide bonds. The van der Waals surface area contributed by atoms with Crippen molar-refractivity contribution in [2.75, 3.05) is 7.11 Å². The summed E-state index contributed by atoms with van der Waals surface area (Å²) in [6, 6.07) is 8.15. The monoisotopic (exact) mass is 420 g/mol. The molecule has 2 heterocycles. The van der Waals surface area contributed by atoms with E-state index in [0.717, 1.165) is 4.47 Å². The standard InChI is InChI=1S/C19H17BrO6/c1-19(2,18(23)24-3)15-11-9-10(20)6-7-12(11)26-17(22)14(15)16(21)13-5-4-8-25-13/h4-9,14-15H,1-3H3/t14-,15+/m0/s1. The summed E-state index contributed by atoms with van der Waals surface area (Å²) in [4.78, 5) is 38.1. The van der Waals surface area contributed by atoms with Gasteiger partial charge < -0.3 is 13.9 Å². The number of methoxy groups -OCH3 is 1. The Bertz CT molecular complexity index is 868. The summed E-state index contributed by atoms with van der Waals surface area (Å²) in [5, 5.41) is 0. The summed E-state index contributed by atoms with van der Waals surface area (Å²) in [5.41, 5.74) is -0.573. The number of ether oxygens (including phenoxy) is 2. The second kappa shape index (κ2) is 6.72. The fourth-order valence-corrected chi connectivity index (χ4v) is 3.75. The molecule has 136 valence electrons. The Morgan fingerprint density at radius 3 is 2.58 bits per heavy atom. The minimum atomic E-state index is -1.22. The molecule has 2 aromatic rings. The Balaban J connectivity index is 2.20. The molecule has 0 spiro atoms. The molecule has 1 aliphatic rings. The highest BCUT2D eigenvalue weighted by Crippen LogP contribution is 2.50. The van der Waals surface area contributed by atoms with Crippen LogP contribution in [0.1, 0.15) is 35.9 Å². The van der Waals surface area contributed by atoms with Crippen LogP contribution in [0.5, 0.6) is 5.75 Å². The van der Waals surface area contributed by atoms with Crippen molar-refractivity contribution in [2.24, 2.45) is 11.3 Å². The second-order valence-corrected chi connectivity index (χ2v) is 7.53. The van der Waals surface area contributed by atoms with E-state index >= 15 is 0 Å². The average Bonchev–Trinajstić information content (AvgIpc) is 3.14. The predicted octanol–water partition coefficient (Wildman–Crippen LogP) is 3.74. The van der Waals surface area contributed by atoms with Crippen LogP contribution < -0.4 is 4.74 Å². The first-order valence-electron chi connectivity index (χ1n) is 7.94. The lowest BCUT2D eigenvalue weighted by atomic mass is 9.65. The molecule has 26 heavy (non-hydrogen) atoms. The number of benzene rings is 1. The van der Waals surface area contributed by atoms with Gasteiger partial charge in [0.1, 0.15) is 11.7 Å². The zero-order valence-electron chi connectivity index (χ0n) is 14.4. The zero-order valence-corrected chi connectivity index (χ0v) is 16.0. The number of rotatable bonds is 4. The Hall–Kier alpha value is -2.41. The minimum absolute atomic E-state index is 0.0380. The van der Waals surface area contributed by atoms with E-state index in [-0.39, 0.29) is 5.76 Å². The number of esters is 2. The summed E-state index contributed by atoms with van der Waals surface area (Å²) >= 11 is 3.39. The van der Waals surface area contributed by atoms with E-state index in [1.54, 1.807) is 38.1 Å². The highest BCUT2D eigenvalue weighted by atomic mass is 79.9. The molecule has 2 atom stereocenters. The van der Waals surface area contributed by atoms with Crippen LogP contribution in [-0.4, -0.2) is 24.8 Å². The molecule has 0 radical (unpaired) electrons. The lowest BCUT2D eigenvalue weighted by molar-refractivity contribution is -0.155. The third-order valence-electron chi connectivity index (χ3n) is 4.64.